The Morgan fingerprint density at radius 1 is 1.48 bits per heavy atom. The summed E-state index contributed by atoms with van der Waals surface area (Å²) in [5.41, 5.74) is 8.48. The summed E-state index contributed by atoms with van der Waals surface area (Å²) in [4.78, 5) is 29.0. The lowest BCUT2D eigenvalue weighted by atomic mass is 10.2. The fraction of sp³-hybridized carbons (Fsp3) is 0.0833. The van der Waals surface area contributed by atoms with Gasteiger partial charge in [-0.15, -0.1) is 0 Å². The number of nitrogens with one attached hydrogen (secondary N) is 1. The van der Waals surface area contributed by atoms with Crippen LogP contribution in [0.4, 0.5) is 11.9 Å². The second kappa shape index (κ2) is 6.22. The van der Waals surface area contributed by atoms with Gasteiger partial charge >= 0.3 is 5.97 Å². The van der Waals surface area contributed by atoms with Crippen molar-refractivity contribution in [1.82, 2.24) is 4.98 Å². The van der Waals surface area contributed by atoms with Gasteiger partial charge in [0.1, 0.15) is 5.75 Å². The van der Waals surface area contributed by atoms with Crippen LogP contribution in [0.3, 0.4) is 0 Å². The zero-order chi connectivity index (χ0) is 15.2. The molecule has 0 aliphatic heterocycles. The van der Waals surface area contributed by atoms with Gasteiger partial charge in [0.2, 0.25) is 5.88 Å². The SMILES string of the molecule is CC(=O)Oc1cccc(C(=O)Nc2cnc(N=[N+]=[N-])o2)c1. The first-order valence-corrected chi connectivity index (χ1v) is 5.69. The number of esters is 1. The molecule has 0 fully saturated rings. The molecule has 2 rings (SSSR count). The standard InChI is InChI=1S/C12H9N5O4/c1-7(18)20-9-4-2-3-8(5-9)11(19)15-10-6-14-12(21-10)16-17-13/h2-6H,1H3,(H,15,19). The van der Waals surface area contributed by atoms with E-state index in [9.17, 15) is 9.59 Å². The van der Waals surface area contributed by atoms with Gasteiger partial charge in [0.25, 0.3) is 11.9 Å². The molecular weight excluding hydrogens is 278 g/mol. The molecule has 0 saturated carbocycles. The number of hydrogen-bond donors (Lipinski definition) is 1. The molecule has 0 saturated heterocycles. The highest BCUT2D eigenvalue weighted by molar-refractivity contribution is 6.03. The number of aromatic nitrogens is 1. The van der Waals surface area contributed by atoms with Crippen molar-refractivity contribution in [1.29, 1.82) is 0 Å². The second-order valence-electron chi connectivity index (χ2n) is 3.77. The number of rotatable bonds is 4. The van der Waals surface area contributed by atoms with Crippen molar-refractivity contribution in [2.75, 3.05) is 5.32 Å². The van der Waals surface area contributed by atoms with Gasteiger partial charge < -0.3 is 9.15 Å². The van der Waals surface area contributed by atoms with Gasteiger partial charge in [-0.2, -0.15) is 0 Å². The van der Waals surface area contributed by atoms with Crippen molar-refractivity contribution in [2.45, 2.75) is 6.92 Å². The van der Waals surface area contributed by atoms with Crippen LogP contribution in [0, 0.1) is 0 Å². The van der Waals surface area contributed by atoms with Gasteiger partial charge in [0, 0.05) is 17.4 Å². The molecule has 0 bridgehead atoms. The molecule has 9 heteroatoms. The molecule has 0 atom stereocenters. The average molecular weight is 287 g/mol. The first-order chi connectivity index (χ1) is 10.1. The fourth-order valence-electron chi connectivity index (χ4n) is 1.46. The summed E-state index contributed by atoms with van der Waals surface area (Å²) in [5, 5.41) is 5.57. The number of carbonyl (C=O) groups is 2. The molecule has 1 N–H and O–H groups in total. The van der Waals surface area contributed by atoms with Crippen LogP contribution >= 0.6 is 0 Å². The minimum absolute atomic E-state index is 0.0280. The number of oxazole rings is 1. The molecule has 0 aliphatic carbocycles. The summed E-state index contributed by atoms with van der Waals surface area (Å²) in [5.74, 6) is -0.697. The van der Waals surface area contributed by atoms with Crippen LogP contribution in [0.5, 0.6) is 5.75 Å². The zero-order valence-corrected chi connectivity index (χ0v) is 10.8. The molecule has 1 heterocycles. The third-order valence-electron chi connectivity index (χ3n) is 2.22. The number of ether oxygens (including phenoxy) is 1. The Balaban J connectivity index is 2.12. The van der Waals surface area contributed by atoms with E-state index in [1.54, 1.807) is 12.1 Å². The molecule has 2 aromatic rings. The lowest BCUT2D eigenvalue weighted by Gasteiger charge is -2.04. The maximum Gasteiger partial charge on any atom is 0.308 e. The number of benzene rings is 1. The number of amides is 1. The monoisotopic (exact) mass is 287 g/mol. The summed E-state index contributed by atoms with van der Waals surface area (Å²) < 4.78 is 9.84. The van der Waals surface area contributed by atoms with Crippen molar-refractivity contribution >= 4 is 23.8 Å². The highest BCUT2D eigenvalue weighted by atomic mass is 16.5. The van der Waals surface area contributed by atoms with E-state index in [2.05, 4.69) is 20.3 Å². The second-order valence-corrected chi connectivity index (χ2v) is 3.77. The molecule has 106 valence electrons. The minimum atomic E-state index is -0.493. The summed E-state index contributed by atoms with van der Waals surface area (Å²) in [6.45, 7) is 1.26. The van der Waals surface area contributed by atoms with E-state index in [0.717, 1.165) is 0 Å². The molecule has 9 nitrogen and oxygen atoms in total. The van der Waals surface area contributed by atoms with Crippen molar-refractivity contribution in [2.24, 2.45) is 5.11 Å². The van der Waals surface area contributed by atoms with E-state index in [0.29, 0.717) is 0 Å². The lowest BCUT2D eigenvalue weighted by Crippen LogP contribution is -2.11. The van der Waals surface area contributed by atoms with Crippen LogP contribution in [0.15, 0.2) is 40.0 Å². The Kier molecular flexibility index (Phi) is 4.17. The molecule has 1 aromatic heterocycles. The summed E-state index contributed by atoms with van der Waals surface area (Å²) in [6, 6.07) is 5.85. The zero-order valence-electron chi connectivity index (χ0n) is 10.8. The predicted octanol–water partition coefficient (Wildman–Crippen LogP) is 2.79. The van der Waals surface area contributed by atoms with E-state index in [-0.39, 0.29) is 23.2 Å². The van der Waals surface area contributed by atoms with Crippen LogP contribution in [0.2, 0.25) is 0 Å². The number of nitrogens with zero attached hydrogens (tertiary/aromatic N) is 4. The van der Waals surface area contributed by atoms with E-state index in [1.165, 1.54) is 25.3 Å². The summed E-state index contributed by atoms with van der Waals surface area (Å²) in [7, 11) is 0. The van der Waals surface area contributed by atoms with Gasteiger partial charge in [0.15, 0.2) is 0 Å². The molecule has 0 unspecified atom stereocenters. The Morgan fingerprint density at radius 2 is 2.29 bits per heavy atom. The molecule has 1 amide bonds. The number of azide groups is 1. The maximum atomic E-state index is 12.0. The first kappa shape index (κ1) is 14.1. The Morgan fingerprint density at radius 3 is 3.00 bits per heavy atom. The quantitative estimate of drug-likeness (QED) is 0.303. The van der Waals surface area contributed by atoms with Crippen molar-refractivity contribution in [3.05, 3.63) is 46.5 Å². The Labute approximate surface area is 118 Å². The summed E-state index contributed by atoms with van der Waals surface area (Å²) in [6.07, 6.45) is 1.21. The smallest absolute Gasteiger partial charge is 0.308 e. The van der Waals surface area contributed by atoms with Gasteiger partial charge in [-0.05, 0) is 28.8 Å². The van der Waals surface area contributed by atoms with Crippen LogP contribution in [-0.4, -0.2) is 16.9 Å². The highest BCUT2D eigenvalue weighted by Gasteiger charge is 2.11. The van der Waals surface area contributed by atoms with Crippen molar-refractivity contribution in [3.63, 3.8) is 0 Å². The van der Waals surface area contributed by atoms with Gasteiger partial charge in [-0.1, -0.05) is 6.07 Å². The predicted molar refractivity (Wildman–Crippen MR) is 71.0 cm³/mol. The normalized spacial score (nSPS) is 9.57. The average Bonchev–Trinajstić information content (AvgIpc) is 2.86. The third kappa shape index (κ3) is 3.82. The first-order valence-electron chi connectivity index (χ1n) is 5.69. The maximum absolute atomic E-state index is 12.0. The van der Waals surface area contributed by atoms with E-state index in [4.69, 9.17) is 14.7 Å². The van der Waals surface area contributed by atoms with Gasteiger partial charge in [-0.3, -0.25) is 14.9 Å². The largest absolute Gasteiger partial charge is 0.427 e. The topological polar surface area (TPSA) is 130 Å². The van der Waals surface area contributed by atoms with Gasteiger partial charge in [0.05, 0.1) is 6.20 Å². The number of anilines is 1. The van der Waals surface area contributed by atoms with E-state index < -0.39 is 11.9 Å². The lowest BCUT2D eigenvalue weighted by molar-refractivity contribution is -0.131. The Bertz CT molecular complexity index is 733. The van der Waals surface area contributed by atoms with E-state index in [1.807, 2.05) is 0 Å². The highest BCUT2D eigenvalue weighted by Crippen LogP contribution is 2.19. The molecule has 0 spiro atoms. The fourth-order valence-corrected chi connectivity index (χ4v) is 1.46. The summed E-state index contributed by atoms with van der Waals surface area (Å²) >= 11 is 0. The van der Waals surface area contributed by atoms with Gasteiger partial charge in [-0.25, -0.2) is 4.98 Å². The van der Waals surface area contributed by atoms with E-state index >= 15 is 0 Å². The minimum Gasteiger partial charge on any atom is -0.427 e. The number of hydrogen-bond acceptors (Lipinski definition) is 6. The van der Waals surface area contributed by atoms with Crippen molar-refractivity contribution < 1.29 is 18.7 Å². The number of carbonyl (C=O) groups excluding carboxylic acids is 2. The van der Waals surface area contributed by atoms with Crippen molar-refractivity contribution in [3.8, 4) is 5.75 Å². The molecule has 21 heavy (non-hydrogen) atoms. The van der Waals surface area contributed by atoms with Crippen LogP contribution in [-0.2, 0) is 4.79 Å². The van der Waals surface area contributed by atoms with Crippen LogP contribution in [0.25, 0.3) is 10.4 Å². The molecular formula is C12H9N5O4. The molecule has 1 aromatic carbocycles. The molecule has 0 aliphatic rings. The Hall–Kier alpha value is -3.32. The third-order valence-corrected chi connectivity index (χ3v) is 2.22. The van der Waals surface area contributed by atoms with Crippen LogP contribution < -0.4 is 10.1 Å². The van der Waals surface area contributed by atoms with Crippen LogP contribution in [0.1, 0.15) is 17.3 Å². The molecule has 0 radical (unpaired) electrons.